The van der Waals surface area contributed by atoms with Gasteiger partial charge >= 0.3 is 0 Å². The molecule has 32 heavy (non-hydrogen) atoms. The highest BCUT2D eigenvalue weighted by Gasteiger charge is 2.29. The predicted octanol–water partition coefficient (Wildman–Crippen LogP) is 5.42. The van der Waals surface area contributed by atoms with Gasteiger partial charge in [0.15, 0.2) is 6.61 Å². The van der Waals surface area contributed by atoms with Crippen molar-refractivity contribution in [3.8, 4) is 5.75 Å². The van der Waals surface area contributed by atoms with Gasteiger partial charge in [-0.05, 0) is 73.3 Å². The summed E-state index contributed by atoms with van der Waals surface area (Å²) >= 11 is 3.49. The Morgan fingerprint density at radius 3 is 2.34 bits per heavy atom. The summed E-state index contributed by atoms with van der Waals surface area (Å²) in [6, 6.07) is 11.1. The number of rotatable bonds is 8. The molecule has 2 rings (SSSR count). The fraction of sp³-hybridized carbons (Fsp3) is 0.440. The number of halogens is 2. The van der Waals surface area contributed by atoms with Gasteiger partial charge in [-0.1, -0.05) is 38.1 Å². The molecule has 0 spiro atoms. The van der Waals surface area contributed by atoms with Crippen LogP contribution in [-0.4, -0.2) is 34.9 Å². The van der Waals surface area contributed by atoms with E-state index in [4.69, 9.17) is 4.74 Å². The van der Waals surface area contributed by atoms with Gasteiger partial charge in [0.25, 0.3) is 5.91 Å². The van der Waals surface area contributed by atoms with Gasteiger partial charge in [-0.15, -0.1) is 0 Å². The third kappa shape index (κ3) is 7.33. The van der Waals surface area contributed by atoms with Crippen LogP contribution < -0.4 is 10.1 Å². The molecular formula is C25H32BrFN2O3. The van der Waals surface area contributed by atoms with Crippen LogP contribution >= 0.6 is 15.9 Å². The second-order valence-corrected chi connectivity index (χ2v) is 10.0. The molecule has 0 unspecified atom stereocenters. The molecule has 0 aromatic heterocycles. The zero-order valence-corrected chi connectivity index (χ0v) is 21.1. The summed E-state index contributed by atoms with van der Waals surface area (Å²) in [6.45, 7) is 11.1. The first-order valence-corrected chi connectivity index (χ1v) is 11.5. The summed E-state index contributed by atoms with van der Waals surface area (Å²) in [7, 11) is 0. The fourth-order valence-electron chi connectivity index (χ4n) is 3.08. The van der Waals surface area contributed by atoms with E-state index < -0.39 is 23.3 Å². The first-order valence-electron chi connectivity index (χ1n) is 10.7. The number of carbonyl (C=O) groups excluding carboxylic acids is 2. The van der Waals surface area contributed by atoms with Crippen LogP contribution in [0.15, 0.2) is 46.9 Å². The molecule has 0 radical (unpaired) electrons. The lowest BCUT2D eigenvalue weighted by molar-refractivity contribution is -0.142. The molecule has 174 valence electrons. The van der Waals surface area contributed by atoms with Gasteiger partial charge in [-0.25, -0.2) is 4.39 Å². The largest absolute Gasteiger partial charge is 0.483 e. The number of hydrogen-bond acceptors (Lipinski definition) is 3. The van der Waals surface area contributed by atoms with Crippen molar-refractivity contribution >= 4 is 27.7 Å². The number of benzene rings is 2. The first-order chi connectivity index (χ1) is 14.9. The van der Waals surface area contributed by atoms with E-state index in [2.05, 4.69) is 35.1 Å². The van der Waals surface area contributed by atoms with Crippen molar-refractivity contribution in [2.75, 3.05) is 6.61 Å². The lowest BCUT2D eigenvalue weighted by Crippen LogP contribution is -2.53. The Hall–Kier alpha value is -2.41. The van der Waals surface area contributed by atoms with E-state index in [1.54, 1.807) is 25.1 Å². The maximum absolute atomic E-state index is 14.3. The Balaban J connectivity index is 2.21. The molecule has 7 heteroatoms. The molecule has 1 atom stereocenters. The lowest BCUT2D eigenvalue weighted by Gasteiger charge is -2.31. The zero-order chi connectivity index (χ0) is 24.1. The van der Waals surface area contributed by atoms with Crippen LogP contribution in [0.3, 0.4) is 0 Å². The molecular weight excluding hydrogens is 475 g/mol. The van der Waals surface area contributed by atoms with Crippen molar-refractivity contribution in [1.82, 2.24) is 10.2 Å². The maximum Gasteiger partial charge on any atom is 0.261 e. The monoisotopic (exact) mass is 506 g/mol. The lowest BCUT2D eigenvalue weighted by atomic mass is 10.0. The number of hydrogen-bond donors (Lipinski definition) is 1. The quantitative estimate of drug-likeness (QED) is 0.519. The summed E-state index contributed by atoms with van der Waals surface area (Å²) < 4.78 is 20.8. The smallest absolute Gasteiger partial charge is 0.261 e. The SMILES string of the molecule is CC(C)c1ccc(OCC(=O)N(Cc2ccccc2F)[C@@H](C)C(=O)NC(C)(C)C)c(Br)c1. The van der Waals surface area contributed by atoms with E-state index in [0.717, 1.165) is 10.0 Å². The second kappa shape index (κ2) is 10.9. The van der Waals surface area contributed by atoms with Crippen molar-refractivity contribution in [2.45, 2.75) is 65.6 Å². The minimum absolute atomic E-state index is 0.0406. The van der Waals surface area contributed by atoms with E-state index >= 15 is 0 Å². The van der Waals surface area contributed by atoms with Gasteiger partial charge in [-0.3, -0.25) is 9.59 Å². The average molecular weight is 507 g/mol. The predicted molar refractivity (Wildman–Crippen MR) is 128 cm³/mol. The molecule has 0 aliphatic rings. The van der Waals surface area contributed by atoms with Gasteiger partial charge in [-0.2, -0.15) is 0 Å². The highest BCUT2D eigenvalue weighted by molar-refractivity contribution is 9.10. The van der Waals surface area contributed by atoms with Crippen LogP contribution in [0.25, 0.3) is 0 Å². The molecule has 2 amide bonds. The summed E-state index contributed by atoms with van der Waals surface area (Å²) in [6.07, 6.45) is 0. The van der Waals surface area contributed by atoms with Crippen molar-refractivity contribution in [1.29, 1.82) is 0 Å². The fourth-order valence-corrected chi connectivity index (χ4v) is 3.59. The first kappa shape index (κ1) is 25.8. The third-order valence-corrected chi connectivity index (χ3v) is 5.56. The molecule has 0 saturated heterocycles. The third-order valence-electron chi connectivity index (χ3n) is 4.94. The Bertz CT molecular complexity index is 956. The van der Waals surface area contributed by atoms with Crippen LogP contribution in [0, 0.1) is 5.82 Å². The summed E-state index contributed by atoms with van der Waals surface area (Å²) in [5.74, 6) is -0.267. The summed E-state index contributed by atoms with van der Waals surface area (Å²) in [4.78, 5) is 27.2. The van der Waals surface area contributed by atoms with Crippen molar-refractivity contribution in [2.24, 2.45) is 0 Å². The van der Waals surface area contributed by atoms with E-state index in [0.29, 0.717) is 17.2 Å². The van der Waals surface area contributed by atoms with E-state index in [1.807, 2.05) is 39.0 Å². The standard InChI is InChI=1S/C25H32BrFN2O3/c1-16(2)18-11-12-22(20(26)13-18)32-15-23(30)29(14-19-9-7-8-10-21(19)27)17(3)24(31)28-25(4,5)6/h7-13,16-17H,14-15H2,1-6H3,(H,28,31)/t17-/m0/s1. The molecule has 0 bridgehead atoms. The molecule has 0 heterocycles. The Kier molecular flexibility index (Phi) is 8.84. The van der Waals surface area contributed by atoms with Gasteiger partial charge in [0, 0.05) is 17.6 Å². The molecule has 0 aliphatic carbocycles. The Morgan fingerprint density at radius 2 is 1.78 bits per heavy atom. The average Bonchev–Trinajstić information content (AvgIpc) is 2.70. The number of ether oxygens (including phenoxy) is 1. The topological polar surface area (TPSA) is 58.6 Å². The minimum atomic E-state index is -0.809. The molecule has 0 aliphatic heterocycles. The van der Waals surface area contributed by atoms with Crippen LogP contribution in [0.1, 0.15) is 58.6 Å². The van der Waals surface area contributed by atoms with E-state index in [-0.39, 0.29) is 19.1 Å². The molecule has 2 aromatic carbocycles. The number of nitrogens with one attached hydrogen (secondary N) is 1. The van der Waals surface area contributed by atoms with Crippen LogP contribution in [0.4, 0.5) is 4.39 Å². The second-order valence-electron chi connectivity index (χ2n) is 9.16. The highest BCUT2D eigenvalue weighted by Crippen LogP contribution is 2.29. The Morgan fingerprint density at radius 1 is 1.12 bits per heavy atom. The van der Waals surface area contributed by atoms with Crippen LogP contribution in [0.5, 0.6) is 5.75 Å². The number of carbonyl (C=O) groups is 2. The van der Waals surface area contributed by atoms with Gasteiger partial charge in [0.2, 0.25) is 5.91 Å². The highest BCUT2D eigenvalue weighted by atomic mass is 79.9. The van der Waals surface area contributed by atoms with Gasteiger partial charge in [0.05, 0.1) is 4.47 Å². The summed E-state index contributed by atoms with van der Waals surface area (Å²) in [5, 5.41) is 2.88. The van der Waals surface area contributed by atoms with E-state index in [1.165, 1.54) is 11.0 Å². The van der Waals surface area contributed by atoms with Crippen molar-refractivity contribution in [3.05, 3.63) is 63.9 Å². The molecule has 0 fully saturated rings. The van der Waals surface area contributed by atoms with Gasteiger partial charge < -0.3 is 15.0 Å². The number of nitrogens with zero attached hydrogens (tertiary/aromatic N) is 1. The minimum Gasteiger partial charge on any atom is -0.483 e. The van der Waals surface area contributed by atoms with Crippen LogP contribution in [-0.2, 0) is 16.1 Å². The zero-order valence-electron chi connectivity index (χ0n) is 19.5. The van der Waals surface area contributed by atoms with E-state index in [9.17, 15) is 14.0 Å². The molecule has 2 aromatic rings. The van der Waals surface area contributed by atoms with Crippen molar-refractivity contribution < 1.29 is 18.7 Å². The normalized spacial score (nSPS) is 12.4. The van der Waals surface area contributed by atoms with Crippen LogP contribution in [0.2, 0.25) is 0 Å². The Labute approximate surface area is 198 Å². The van der Waals surface area contributed by atoms with Gasteiger partial charge in [0.1, 0.15) is 17.6 Å². The summed E-state index contributed by atoms with van der Waals surface area (Å²) in [5.41, 5.74) is 1.01. The number of amides is 2. The maximum atomic E-state index is 14.3. The molecule has 0 saturated carbocycles. The molecule has 5 nitrogen and oxygen atoms in total. The van der Waals surface area contributed by atoms with Crippen molar-refractivity contribution in [3.63, 3.8) is 0 Å². The molecule has 1 N–H and O–H groups in total.